The Kier molecular flexibility index (Phi) is 5.47. The summed E-state index contributed by atoms with van der Waals surface area (Å²) >= 11 is 0. The second-order valence-electron chi connectivity index (χ2n) is 13.7. The zero-order chi connectivity index (χ0) is 33.9. The van der Waals surface area contributed by atoms with Crippen LogP contribution in [0.4, 0.5) is 0 Å². The molecule has 0 aliphatic heterocycles. The van der Waals surface area contributed by atoms with Gasteiger partial charge in [-0.15, -0.1) is 0 Å². The third-order valence-corrected chi connectivity index (χ3v) is 10.9. The molecule has 4 heteroatoms. The SMILES string of the molecule is c1ccc(-n2c3ccccc3c3cc4c5ccccc5n(-c5ccc6oc7c(-c8cccc9c8oc8ccccc89)cccc7c6c5)c4cc32)cc1. The Morgan fingerprint density at radius 1 is 0.288 bits per heavy atom. The quantitative estimate of drug-likeness (QED) is 0.188. The van der Waals surface area contributed by atoms with Crippen molar-refractivity contribution in [2.45, 2.75) is 0 Å². The van der Waals surface area contributed by atoms with Crippen LogP contribution in [0.5, 0.6) is 0 Å². The minimum atomic E-state index is 0.857. The fourth-order valence-corrected chi connectivity index (χ4v) is 8.66. The molecular weight excluding hydrogens is 637 g/mol. The first-order valence-electron chi connectivity index (χ1n) is 17.7. The molecule has 0 radical (unpaired) electrons. The molecule has 8 aromatic carbocycles. The van der Waals surface area contributed by atoms with Gasteiger partial charge in [0.2, 0.25) is 0 Å². The van der Waals surface area contributed by atoms with Gasteiger partial charge in [0.05, 0.1) is 22.1 Å². The average Bonchev–Trinajstić information content (AvgIpc) is 3.94. The minimum absolute atomic E-state index is 0.857. The third-order valence-electron chi connectivity index (χ3n) is 10.9. The van der Waals surface area contributed by atoms with E-state index in [-0.39, 0.29) is 0 Å². The van der Waals surface area contributed by atoms with Crippen LogP contribution in [0.25, 0.3) is 110 Å². The summed E-state index contributed by atoms with van der Waals surface area (Å²) in [6.07, 6.45) is 0. The van der Waals surface area contributed by atoms with E-state index in [2.05, 4.69) is 167 Å². The first-order chi connectivity index (χ1) is 25.8. The fourth-order valence-electron chi connectivity index (χ4n) is 8.66. The molecule has 0 aliphatic carbocycles. The molecule has 12 rings (SSSR count). The molecule has 0 aliphatic rings. The lowest BCUT2D eigenvalue weighted by atomic mass is 10.00. The van der Waals surface area contributed by atoms with Gasteiger partial charge in [0.25, 0.3) is 0 Å². The van der Waals surface area contributed by atoms with Crippen LogP contribution in [0.15, 0.2) is 179 Å². The van der Waals surface area contributed by atoms with Crippen molar-refractivity contribution in [2.24, 2.45) is 0 Å². The van der Waals surface area contributed by atoms with Crippen LogP contribution >= 0.6 is 0 Å². The van der Waals surface area contributed by atoms with Crippen molar-refractivity contribution in [1.29, 1.82) is 0 Å². The summed E-state index contributed by atoms with van der Waals surface area (Å²) in [5.74, 6) is 0. The molecule has 0 fully saturated rings. The van der Waals surface area contributed by atoms with Crippen molar-refractivity contribution < 1.29 is 8.83 Å². The van der Waals surface area contributed by atoms with Crippen molar-refractivity contribution in [3.63, 3.8) is 0 Å². The molecule has 0 unspecified atom stereocenters. The molecule has 4 aromatic heterocycles. The molecular formula is C48H28N2O2. The zero-order valence-corrected chi connectivity index (χ0v) is 27.9. The maximum atomic E-state index is 6.71. The van der Waals surface area contributed by atoms with E-state index >= 15 is 0 Å². The average molecular weight is 665 g/mol. The van der Waals surface area contributed by atoms with Crippen molar-refractivity contribution in [3.05, 3.63) is 170 Å². The Balaban J connectivity index is 1.12. The molecule has 242 valence electrons. The van der Waals surface area contributed by atoms with E-state index in [4.69, 9.17) is 8.83 Å². The Morgan fingerprint density at radius 3 is 1.48 bits per heavy atom. The number of benzene rings is 8. The Morgan fingerprint density at radius 2 is 0.808 bits per heavy atom. The highest BCUT2D eigenvalue weighted by molar-refractivity contribution is 6.20. The number of nitrogens with zero attached hydrogens (tertiary/aromatic N) is 2. The lowest BCUT2D eigenvalue weighted by Gasteiger charge is -2.10. The van der Waals surface area contributed by atoms with Gasteiger partial charge in [-0.1, -0.05) is 109 Å². The molecule has 4 heterocycles. The second-order valence-corrected chi connectivity index (χ2v) is 13.7. The summed E-state index contributed by atoms with van der Waals surface area (Å²) in [7, 11) is 0. The van der Waals surface area contributed by atoms with E-state index in [0.717, 1.165) is 71.9 Å². The van der Waals surface area contributed by atoms with Crippen LogP contribution in [0.1, 0.15) is 0 Å². The molecule has 4 nitrogen and oxygen atoms in total. The summed E-state index contributed by atoms with van der Waals surface area (Å²) < 4.78 is 18.0. The van der Waals surface area contributed by atoms with Crippen molar-refractivity contribution in [1.82, 2.24) is 9.13 Å². The maximum Gasteiger partial charge on any atom is 0.143 e. The molecule has 52 heavy (non-hydrogen) atoms. The van der Waals surface area contributed by atoms with Crippen LogP contribution in [0, 0.1) is 0 Å². The largest absolute Gasteiger partial charge is 0.455 e. The normalized spacial score (nSPS) is 12.2. The second kappa shape index (κ2) is 10.3. The van der Waals surface area contributed by atoms with Crippen LogP contribution < -0.4 is 0 Å². The number of hydrogen-bond acceptors (Lipinski definition) is 2. The summed E-state index contributed by atoms with van der Waals surface area (Å²) in [6.45, 7) is 0. The van der Waals surface area contributed by atoms with E-state index in [0.29, 0.717) is 0 Å². The highest BCUT2D eigenvalue weighted by Crippen LogP contribution is 2.43. The molecule has 0 saturated heterocycles. The summed E-state index contributed by atoms with van der Waals surface area (Å²) in [6, 6.07) is 60.5. The molecule has 0 saturated carbocycles. The zero-order valence-electron chi connectivity index (χ0n) is 27.9. The topological polar surface area (TPSA) is 36.1 Å². The number of hydrogen-bond donors (Lipinski definition) is 0. The molecule has 0 spiro atoms. The predicted octanol–water partition coefficient (Wildman–Crippen LogP) is 13.3. The van der Waals surface area contributed by atoms with E-state index in [1.807, 2.05) is 12.1 Å². The van der Waals surface area contributed by atoms with Crippen LogP contribution in [0.2, 0.25) is 0 Å². The van der Waals surface area contributed by atoms with E-state index < -0.39 is 0 Å². The number of fused-ring (bicyclic) bond motifs is 12. The predicted molar refractivity (Wildman–Crippen MR) is 215 cm³/mol. The maximum absolute atomic E-state index is 6.71. The molecule has 0 atom stereocenters. The van der Waals surface area contributed by atoms with Gasteiger partial charge in [-0.2, -0.15) is 0 Å². The van der Waals surface area contributed by atoms with Gasteiger partial charge < -0.3 is 18.0 Å². The highest BCUT2D eigenvalue weighted by Gasteiger charge is 2.21. The Labute approximate surface area is 296 Å². The van der Waals surface area contributed by atoms with Gasteiger partial charge in [0, 0.05) is 65.6 Å². The monoisotopic (exact) mass is 664 g/mol. The van der Waals surface area contributed by atoms with Crippen molar-refractivity contribution in [3.8, 4) is 22.5 Å². The fraction of sp³-hybridized carbons (Fsp3) is 0. The van der Waals surface area contributed by atoms with E-state index in [9.17, 15) is 0 Å². The minimum Gasteiger partial charge on any atom is -0.455 e. The van der Waals surface area contributed by atoms with Crippen molar-refractivity contribution >= 4 is 87.5 Å². The van der Waals surface area contributed by atoms with Gasteiger partial charge in [-0.05, 0) is 60.7 Å². The molecule has 0 bridgehead atoms. The van der Waals surface area contributed by atoms with Crippen LogP contribution in [0.3, 0.4) is 0 Å². The summed E-state index contributed by atoms with van der Waals surface area (Å²) in [4.78, 5) is 0. The van der Waals surface area contributed by atoms with Crippen molar-refractivity contribution in [2.75, 3.05) is 0 Å². The molecule has 0 N–H and O–H groups in total. The lowest BCUT2D eigenvalue weighted by Crippen LogP contribution is -1.95. The Hall–Kier alpha value is -7.04. The van der Waals surface area contributed by atoms with Gasteiger partial charge in [0.15, 0.2) is 0 Å². The molecule has 12 aromatic rings. The lowest BCUT2D eigenvalue weighted by molar-refractivity contribution is 0.665. The van der Waals surface area contributed by atoms with Crippen LogP contribution in [-0.4, -0.2) is 9.13 Å². The number of furan rings is 2. The first kappa shape index (κ1) is 27.7. The number of rotatable bonds is 3. The Bertz CT molecular complexity index is 3410. The summed E-state index contributed by atoms with van der Waals surface area (Å²) in [5.41, 5.74) is 12.5. The van der Waals surface area contributed by atoms with Gasteiger partial charge in [-0.3, -0.25) is 0 Å². The standard InChI is InChI=1S/C48H28N2O2/c1-2-12-29(13-3-1)49-41-21-7-4-14-31(41)38-27-39-32-15-5-8-22-42(32)50(44(39)28-43(38)49)30-24-25-46-40(26-30)37-20-11-19-36(48(37)52-46)35-18-10-17-34-33-16-6-9-23-45(33)51-47(34)35/h1-28H. The van der Waals surface area contributed by atoms with Gasteiger partial charge in [0.1, 0.15) is 22.3 Å². The highest BCUT2D eigenvalue weighted by atomic mass is 16.3. The number of aromatic nitrogens is 2. The van der Waals surface area contributed by atoms with Crippen LogP contribution in [-0.2, 0) is 0 Å². The number of para-hydroxylation sites is 6. The van der Waals surface area contributed by atoms with E-state index in [1.165, 1.54) is 38.1 Å². The van der Waals surface area contributed by atoms with Gasteiger partial charge >= 0.3 is 0 Å². The molecule has 0 amide bonds. The smallest absolute Gasteiger partial charge is 0.143 e. The van der Waals surface area contributed by atoms with E-state index in [1.54, 1.807) is 0 Å². The third kappa shape index (κ3) is 3.70. The summed E-state index contributed by atoms with van der Waals surface area (Å²) in [5, 5.41) is 9.35. The first-order valence-corrected chi connectivity index (χ1v) is 17.7. The van der Waals surface area contributed by atoms with Gasteiger partial charge in [-0.25, -0.2) is 0 Å².